The number of imidazole rings is 1. The minimum Gasteiger partial charge on any atom is -0.370 e. The smallest absolute Gasteiger partial charge is 0.185 e. The van der Waals surface area contributed by atoms with Gasteiger partial charge in [-0.2, -0.15) is 0 Å². The van der Waals surface area contributed by atoms with Gasteiger partial charge in [-0.1, -0.05) is 24.3 Å². The molecule has 1 fully saturated rings. The molecule has 1 saturated heterocycles. The molecule has 7 nitrogen and oxygen atoms in total. The lowest BCUT2D eigenvalue weighted by Crippen LogP contribution is -2.35. The molecule has 3 aromatic rings. The van der Waals surface area contributed by atoms with Crippen LogP contribution in [0.3, 0.4) is 0 Å². The van der Waals surface area contributed by atoms with Crippen molar-refractivity contribution in [3.05, 3.63) is 59.9 Å². The van der Waals surface area contributed by atoms with Gasteiger partial charge in [-0.05, 0) is 61.9 Å². The summed E-state index contributed by atoms with van der Waals surface area (Å²) in [4.78, 5) is 16.0. The normalized spacial score (nSPS) is 16.3. The van der Waals surface area contributed by atoms with E-state index in [1.807, 2.05) is 18.2 Å². The molecular weight excluding hydrogens is 420 g/mol. The molecule has 0 aliphatic carbocycles. The number of benzene rings is 2. The standard InChI is InChI=1S/C24H32N6OS/c1-30-13-10-18(11-14-30)31-22(23-28-20-8-2-3-9-21(20)29-23)17-6-4-7-19(16-17)32-15-5-12-27-24(25)26/h2-4,6-9,16,18,22H,5,10-15H2,1H3,(H,28,29)(H4,25,26,27). The first-order chi connectivity index (χ1) is 15.6. The summed E-state index contributed by atoms with van der Waals surface area (Å²) < 4.78 is 6.69. The van der Waals surface area contributed by atoms with E-state index in [4.69, 9.17) is 21.2 Å². The van der Waals surface area contributed by atoms with Crippen LogP contribution in [0.15, 0.2) is 58.4 Å². The van der Waals surface area contributed by atoms with Gasteiger partial charge in [0.2, 0.25) is 0 Å². The third kappa shape index (κ3) is 6.03. The van der Waals surface area contributed by atoms with Crippen LogP contribution in [0.2, 0.25) is 0 Å². The first kappa shape index (κ1) is 22.6. The number of hydrogen-bond donors (Lipinski definition) is 3. The summed E-state index contributed by atoms with van der Waals surface area (Å²) in [6.45, 7) is 2.77. The Morgan fingerprint density at radius 2 is 2.03 bits per heavy atom. The van der Waals surface area contributed by atoms with E-state index in [0.29, 0.717) is 6.54 Å². The van der Waals surface area contributed by atoms with Crippen molar-refractivity contribution in [3.63, 3.8) is 0 Å². The van der Waals surface area contributed by atoms with Crippen molar-refractivity contribution >= 4 is 28.8 Å². The molecule has 1 aliphatic heterocycles. The lowest BCUT2D eigenvalue weighted by Gasteiger charge is -2.31. The average Bonchev–Trinajstić information content (AvgIpc) is 3.22. The maximum absolute atomic E-state index is 6.69. The Hall–Kier alpha value is -2.55. The van der Waals surface area contributed by atoms with E-state index < -0.39 is 0 Å². The first-order valence-corrected chi connectivity index (χ1v) is 12.1. The van der Waals surface area contributed by atoms with Gasteiger partial charge in [-0.25, -0.2) is 4.98 Å². The zero-order chi connectivity index (χ0) is 22.3. The van der Waals surface area contributed by atoms with Crippen LogP contribution in [0.4, 0.5) is 0 Å². The van der Waals surface area contributed by atoms with Crippen molar-refractivity contribution in [3.8, 4) is 0 Å². The molecule has 0 amide bonds. The zero-order valence-electron chi connectivity index (χ0n) is 18.5. The maximum atomic E-state index is 6.69. The van der Waals surface area contributed by atoms with Crippen molar-refractivity contribution in [2.45, 2.75) is 36.4 Å². The Bertz CT molecular complexity index is 1010. The number of para-hydroxylation sites is 2. The van der Waals surface area contributed by atoms with Crippen LogP contribution >= 0.6 is 11.8 Å². The number of aromatic amines is 1. The van der Waals surface area contributed by atoms with Gasteiger partial charge in [-0.15, -0.1) is 11.8 Å². The molecule has 2 heterocycles. The van der Waals surface area contributed by atoms with Crippen LogP contribution in [0, 0.1) is 0 Å². The summed E-state index contributed by atoms with van der Waals surface area (Å²) in [5, 5.41) is 0. The minimum atomic E-state index is -0.224. The molecule has 2 aromatic carbocycles. The van der Waals surface area contributed by atoms with Crippen LogP contribution in [-0.4, -0.2) is 59.4 Å². The Morgan fingerprint density at radius 3 is 2.81 bits per heavy atom. The summed E-state index contributed by atoms with van der Waals surface area (Å²) in [6.07, 6.45) is 2.99. The predicted octanol–water partition coefficient (Wildman–Crippen LogP) is 3.52. The molecule has 5 N–H and O–H groups in total. The molecule has 0 spiro atoms. The highest BCUT2D eigenvalue weighted by atomic mass is 32.2. The monoisotopic (exact) mass is 452 g/mol. The van der Waals surface area contributed by atoms with Gasteiger partial charge in [0.15, 0.2) is 5.96 Å². The number of nitrogens with one attached hydrogen (secondary N) is 1. The molecule has 0 radical (unpaired) electrons. The van der Waals surface area contributed by atoms with Crippen molar-refractivity contribution in [1.29, 1.82) is 0 Å². The zero-order valence-corrected chi connectivity index (χ0v) is 19.4. The Morgan fingerprint density at radius 1 is 1.22 bits per heavy atom. The lowest BCUT2D eigenvalue weighted by atomic mass is 10.1. The van der Waals surface area contributed by atoms with E-state index in [-0.39, 0.29) is 18.2 Å². The molecule has 1 atom stereocenters. The average molecular weight is 453 g/mol. The third-order valence-electron chi connectivity index (χ3n) is 5.68. The Labute approximate surface area is 193 Å². The fraction of sp³-hybridized carbons (Fsp3) is 0.417. The largest absolute Gasteiger partial charge is 0.370 e. The van der Waals surface area contributed by atoms with Gasteiger partial charge in [0, 0.05) is 24.5 Å². The summed E-state index contributed by atoms with van der Waals surface area (Å²) in [7, 11) is 2.17. The highest BCUT2D eigenvalue weighted by molar-refractivity contribution is 7.99. The maximum Gasteiger partial charge on any atom is 0.185 e. The van der Waals surface area contributed by atoms with Crippen LogP contribution in [0.5, 0.6) is 0 Å². The second kappa shape index (κ2) is 10.8. The number of nitrogens with two attached hydrogens (primary N) is 2. The fourth-order valence-electron chi connectivity index (χ4n) is 3.94. The van der Waals surface area contributed by atoms with E-state index in [1.54, 1.807) is 11.8 Å². The lowest BCUT2D eigenvalue weighted by molar-refractivity contribution is -0.0264. The number of nitrogens with zero attached hydrogens (tertiary/aromatic N) is 3. The quantitative estimate of drug-likeness (QED) is 0.199. The van der Waals surface area contributed by atoms with Crippen LogP contribution in [0.25, 0.3) is 11.0 Å². The number of H-pyrrole nitrogens is 1. The molecule has 0 saturated carbocycles. The van der Waals surface area contributed by atoms with Gasteiger partial charge in [0.05, 0.1) is 17.1 Å². The second-order valence-electron chi connectivity index (χ2n) is 8.24. The van der Waals surface area contributed by atoms with Gasteiger partial charge in [0.1, 0.15) is 11.9 Å². The van der Waals surface area contributed by atoms with E-state index in [1.165, 1.54) is 4.90 Å². The topological polar surface area (TPSA) is 106 Å². The van der Waals surface area contributed by atoms with Gasteiger partial charge < -0.3 is 26.1 Å². The van der Waals surface area contributed by atoms with E-state index in [0.717, 1.165) is 60.5 Å². The molecule has 170 valence electrons. The number of thioether (sulfide) groups is 1. The summed E-state index contributed by atoms with van der Waals surface area (Å²) in [6, 6.07) is 16.7. The number of aliphatic imine (C=N–C) groups is 1. The minimum absolute atomic E-state index is 0.150. The van der Waals surface area contributed by atoms with Crippen molar-refractivity contribution in [2.75, 3.05) is 32.4 Å². The highest BCUT2D eigenvalue weighted by Gasteiger charge is 2.26. The van der Waals surface area contributed by atoms with Gasteiger partial charge in [-0.3, -0.25) is 4.99 Å². The van der Waals surface area contributed by atoms with Crippen LogP contribution < -0.4 is 11.5 Å². The second-order valence-corrected chi connectivity index (χ2v) is 9.41. The number of fused-ring (bicyclic) bond motifs is 1. The van der Waals surface area contributed by atoms with Crippen molar-refractivity contribution in [2.24, 2.45) is 16.5 Å². The fourth-order valence-corrected chi connectivity index (χ4v) is 4.84. The molecular formula is C24H32N6OS. The number of aromatic nitrogens is 2. The predicted molar refractivity (Wildman–Crippen MR) is 132 cm³/mol. The number of hydrogen-bond acceptors (Lipinski definition) is 5. The molecule has 1 aliphatic rings. The first-order valence-electron chi connectivity index (χ1n) is 11.2. The SMILES string of the molecule is CN1CCC(OC(c2cccc(SCCCN=C(N)N)c2)c2nc3ccccc3[nH]2)CC1. The van der Waals surface area contributed by atoms with Crippen LogP contribution in [-0.2, 0) is 4.74 Å². The summed E-state index contributed by atoms with van der Waals surface area (Å²) >= 11 is 1.81. The van der Waals surface area contributed by atoms with Crippen molar-refractivity contribution < 1.29 is 4.74 Å². The van der Waals surface area contributed by atoms with E-state index in [9.17, 15) is 0 Å². The number of rotatable bonds is 9. The molecule has 4 rings (SSSR count). The molecule has 1 unspecified atom stereocenters. The summed E-state index contributed by atoms with van der Waals surface area (Å²) in [5.74, 6) is 1.96. The number of ether oxygens (including phenoxy) is 1. The van der Waals surface area contributed by atoms with Crippen LogP contribution in [0.1, 0.15) is 36.8 Å². The Balaban J connectivity index is 1.53. The third-order valence-corrected chi connectivity index (χ3v) is 6.76. The Kier molecular flexibility index (Phi) is 7.68. The molecule has 8 heteroatoms. The van der Waals surface area contributed by atoms with Gasteiger partial charge in [0.25, 0.3) is 0 Å². The van der Waals surface area contributed by atoms with E-state index in [2.05, 4.69) is 52.3 Å². The number of piperidine rings is 1. The van der Waals surface area contributed by atoms with Crippen molar-refractivity contribution in [1.82, 2.24) is 14.9 Å². The van der Waals surface area contributed by atoms with E-state index >= 15 is 0 Å². The van der Waals surface area contributed by atoms with Gasteiger partial charge >= 0.3 is 0 Å². The highest BCUT2D eigenvalue weighted by Crippen LogP contribution is 2.32. The molecule has 0 bridgehead atoms. The molecule has 32 heavy (non-hydrogen) atoms. The molecule has 1 aromatic heterocycles. The number of likely N-dealkylation sites (tertiary alicyclic amines) is 1. The number of guanidine groups is 1. The summed E-state index contributed by atoms with van der Waals surface area (Å²) in [5.41, 5.74) is 13.9.